The molecule has 1 aromatic carbocycles. The Bertz CT molecular complexity index is 575. The first-order valence-corrected chi connectivity index (χ1v) is 7.03. The number of benzene rings is 1. The Morgan fingerprint density at radius 1 is 1.33 bits per heavy atom. The van der Waals surface area contributed by atoms with Gasteiger partial charge in [-0.25, -0.2) is 0 Å². The van der Waals surface area contributed by atoms with Gasteiger partial charge in [-0.15, -0.1) is 0 Å². The molecule has 1 amide bonds. The Hall–Kier alpha value is -1.92. The molecular formula is C15H18N2O4. The second-order valence-corrected chi connectivity index (χ2v) is 5.61. The summed E-state index contributed by atoms with van der Waals surface area (Å²) in [5.41, 5.74) is 7.63. The molecule has 0 aliphatic carbocycles. The third-order valence-electron chi connectivity index (χ3n) is 4.20. The van der Waals surface area contributed by atoms with Gasteiger partial charge in [0.2, 0.25) is 5.91 Å². The largest absolute Gasteiger partial charge is 0.481 e. The molecule has 0 bridgehead atoms. The van der Waals surface area contributed by atoms with Gasteiger partial charge in [0.05, 0.1) is 25.6 Å². The van der Waals surface area contributed by atoms with Crippen LogP contribution in [0.1, 0.15) is 17.9 Å². The van der Waals surface area contributed by atoms with Crippen LogP contribution in [0.5, 0.6) is 0 Å². The Balaban J connectivity index is 1.87. The summed E-state index contributed by atoms with van der Waals surface area (Å²) in [6.07, 6.45) is 0.0218. The molecule has 3 atom stereocenters. The number of carbonyl (C=O) groups excluding carboxylic acids is 1. The van der Waals surface area contributed by atoms with E-state index in [-0.39, 0.29) is 30.2 Å². The molecule has 3 unspecified atom stereocenters. The van der Waals surface area contributed by atoms with Crippen molar-refractivity contribution in [2.75, 3.05) is 24.7 Å². The van der Waals surface area contributed by atoms with Gasteiger partial charge in [-0.05, 0) is 11.6 Å². The van der Waals surface area contributed by atoms with E-state index in [1.54, 1.807) is 4.90 Å². The van der Waals surface area contributed by atoms with Gasteiger partial charge in [0, 0.05) is 24.2 Å². The fraction of sp³-hybridized carbons (Fsp3) is 0.467. The van der Waals surface area contributed by atoms with E-state index in [1.165, 1.54) is 0 Å². The maximum absolute atomic E-state index is 12.7. The number of aliphatic carboxylic acids is 1. The highest BCUT2D eigenvalue weighted by atomic mass is 16.5. The summed E-state index contributed by atoms with van der Waals surface area (Å²) >= 11 is 0. The number of carboxylic acids is 1. The number of amides is 1. The van der Waals surface area contributed by atoms with Gasteiger partial charge < -0.3 is 20.5 Å². The van der Waals surface area contributed by atoms with Gasteiger partial charge in [0.1, 0.15) is 0 Å². The van der Waals surface area contributed by atoms with Crippen LogP contribution in [-0.4, -0.2) is 42.8 Å². The van der Waals surface area contributed by atoms with E-state index in [0.29, 0.717) is 19.8 Å². The molecule has 6 nitrogen and oxygen atoms in total. The van der Waals surface area contributed by atoms with Crippen molar-refractivity contribution >= 4 is 17.6 Å². The van der Waals surface area contributed by atoms with Crippen LogP contribution < -0.4 is 10.6 Å². The molecule has 3 N–H and O–H groups in total. The number of hydrogen-bond donors (Lipinski definition) is 2. The smallest absolute Gasteiger partial charge is 0.304 e. The summed E-state index contributed by atoms with van der Waals surface area (Å²) in [4.78, 5) is 25.3. The SMILES string of the molecule is NC1COCC1C(=O)N1CC(CC(=O)O)c2ccccc21. The summed E-state index contributed by atoms with van der Waals surface area (Å²) in [7, 11) is 0. The monoisotopic (exact) mass is 290 g/mol. The van der Waals surface area contributed by atoms with Crippen LogP contribution in [0.4, 0.5) is 5.69 Å². The summed E-state index contributed by atoms with van der Waals surface area (Å²) in [6.45, 7) is 1.13. The van der Waals surface area contributed by atoms with E-state index < -0.39 is 5.97 Å². The molecule has 21 heavy (non-hydrogen) atoms. The molecule has 2 aliphatic rings. The van der Waals surface area contributed by atoms with E-state index in [9.17, 15) is 9.59 Å². The van der Waals surface area contributed by atoms with E-state index in [1.807, 2.05) is 24.3 Å². The minimum absolute atomic E-state index is 0.0218. The Morgan fingerprint density at radius 2 is 2.10 bits per heavy atom. The highest BCUT2D eigenvalue weighted by molar-refractivity contribution is 5.98. The molecule has 1 fully saturated rings. The zero-order valence-electron chi connectivity index (χ0n) is 11.6. The number of nitrogens with zero attached hydrogens (tertiary/aromatic N) is 1. The van der Waals surface area contributed by atoms with Gasteiger partial charge in [-0.1, -0.05) is 18.2 Å². The summed E-state index contributed by atoms with van der Waals surface area (Å²) < 4.78 is 5.26. The summed E-state index contributed by atoms with van der Waals surface area (Å²) in [6, 6.07) is 7.18. The van der Waals surface area contributed by atoms with Crippen LogP contribution in [0, 0.1) is 5.92 Å². The molecule has 0 saturated carbocycles. The zero-order valence-corrected chi connectivity index (χ0v) is 11.6. The van der Waals surface area contributed by atoms with Crippen molar-refractivity contribution in [2.45, 2.75) is 18.4 Å². The average molecular weight is 290 g/mol. The molecule has 0 spiro atoms. The second kappa shape index (κ2) is 5.46. The van der Waals surface area contributed by atoms with E-state index in [2.05, 4.69) is 0 Å². The quantitative estimate of drug-likeness (QED) is 0.848. The van der Waals surface area contributed by atoms with Crippen LogP contribution in [0.3, 0.4) is 0 Å². The van der Waals surface area contributed by atoms with Crippen molar-refractivity contribution in [3.8, 4) is 0 Å². The highest BCUT2D eigenvalue weighted by Crippen LogP contribution is 2.39. The van der Waals surface area contributed by atoms with Crippen molar-refractivity contribution in [1.29, 1.82) is 0 Å². The maximum atomic E-state index is 12.7. The molecular weight excluding hydrogens is 272 g/mol. The second-order valence-electron chi connectivity index (χ2n) is 5.61. The Kier molecular flexibility index (Phi) is 3.65. The van der Waals surface area contributed by atoms with Crippen molar-refractivity contribution in [1.82, 2.24) is 0 Å². The predicted molar refractivity (Wildman–Crippen MR) is 76.1 cm³/mol. The first kappa shape index (κ1) is 14.0. The van der Waals surface area contributed by atoms with Crippen molar-refractivity contribution in [3.05, 3.63) is 29.8 Å². The van der Waals surface area contributed by atoms with Crippen LogP contribution in [-0.2, 0) is 14.3 Å². The van der Waals surface area contributed by atoms with Crippen molar-refractivity contribution < 1.29 is 19.4 Å². The van der Waals surface area contributed by atoms with Crippen LogP contribution in [0.2, 0.25) is 0 Å². The van der Waals surface area contributed by atoms with Crippen LogP contribution in [0.15, 0.2) is 24.3 Å². The number of carbonyl (C=O) groups is 2. The van der Waals surface area contributed by atoms with Crippen LogP contribution in [0.25, 0.3) is 0 Å². The van der Waals surface area contributed by atoms with Crippen molar-refractivity contribution in [3.63, 3.8) is 0 Å². The fourth-order valence-corrected chi connectivity index (χ4v) is 3.12. The van der Waals surface area contributed by atoms with Gasteiger partial charge >= 0.3 is 5.97 Å². The number of ether oxygens (including phenoxy) is 1. The molecule has 3 rings (SSSR count). The molecule has 6 heteroatoms. The van der Waals surface area contributed by atoms with Gasteiger partial charge in [0.15, 0.2) is 0 Å². The average Bonchev–Trinajstić information content (AvgIpc) is 3.02. The predicted octanol–water partition coefficient (Wildman–Crippen LogP) is 0.565. The molecule has 0 radical (unpaired) electrons. The lowest BCUT2D eigenvalue weighted by atomic mass is 9.98. The molecule has 112 valence electrons. The number of carboxylic acid groups (broad SMARTS) is 1. The maximum Gasteiger partial charge on any atom is 0.304 e. The minimum Gasteiger partial charge on any atom is -0.481 e. The lowest BCUT2D eigenvalue weighted by Crippen LogP contribution is -2.43. The number of rotatable bonds is 3. The topological polar surface area (TPSA) is 92.9 Å². The van der Waals surface area contributed by atoms with Gasteiger partial charge in [0.25, 0.3) is 0 Å². The first-order valence-electron chi connectivity index (χ1n) is 7.03. The fourth-order valence-electron chi connectivity index (χ4n) is 3.12. The van der Waals surface area contributed by atoms with E-state index >= 15 is 0 Å². The number of hydrogen-bond acceptors (Lipinski definition) is 4. The number of para-hydroxylation sites is 1. The number of anilines is 1. The standard InChI is InChI=1S/C15H18N2O4/c16-12-8-21-7-11(12)15(20)17-6-9(5-14(18)19)10-3-1-2-4-13(10)17/h1-4,9,11-12H,5-8,16H2,(H,18,19). The highest BCUT2D eigenvalue weighted by Gasteiger charge is 2.40. The summed E-state index contributed by atoms with van der Waals surface area (Å²) in [5.74, 6) is -1.44. The Morgan fingerprint density at radius 3 is 2.76 bits per heavy atom. The summed E-state index contributed by atoms with van der Waals surface area (Å²) in [5, 5.41) is 9.03. The molecule has 0 aromatic heterocycles. The lowest BCUT2D eigenvalue weighted by Gasteiger charge is -2.23. The Labute approximate surface area is 122 Å². The molecule has 2 aliphatic heterocycles. The van der Waals surface area contributed by atoms with E-state index in [4.69, 9.17) is 15.6 Å². The normalized spacial score (nSPS) is 27.7. The molecule has 2 heterocycles. The number of nitrogens with two attached hydrogens (primary N) is 1. The van der Waals surface area contributed by atoms with Crippen molar-refractivity contribution in [2.24, 2.45) is 11.7 Å². The zero-order chi connectivity index (χ0) is 15.0. The molecule has 1 aromatic rings. The first-order chi connectivity index (χ1) is 10.1. The van der Waals surface area contributed by atoms with Gasteiger partial charge in [-0.3, -0.25) is 9.59 Å². The molecule has 1 saturated heterocycles. The lowest BCUT2D eigenvalue weighted by molar-refractivity contribution is -0.137. The van der Waals surface area contributed by atoms with Gasteiger partial charge in [-0.2, -0.15) is 0 Å². The minimum atomic E-state index is -0.856. The number of fused-ring (bicyclic) bond motifs is 1. The van der Waals surface area contributed by atoms with Crippen LogP contribution >= 0.6 is 0 Å². The third kappa shape index (κ3) is 2.52. The third-order valence-corrected chi connectivity index (χ3v) is 4.20. The van der Waals surface area contributed by atoms with E-state index in [0.717, 1.165) is 11.3 Å².